The maximum atomic E-state index is 8.95. The van der Waals surface area contributed by atoms with Gasteiger partial charge in [-0.3, -0.25) is 0 Å². The van der Waals surface area contributed by atoms with Crippen molar-refractivity contribution in [3.05, 3.63) is 163 Å². The smallest absolute Gasteiger partial charge is 0.135 e. The summed E-state index contributed by atoms with van der Waals surface area (Å²) in [6, 6.07) is 51.6. The van der Waals surface area contributed by atoms with Crippen LogP contribution < -0.4 is 4.90 Å². The van der Waals surface area contributed by atoms with Crippen molar-refractivity contribution in [2.75, 3.05) is 4.90 Å². The van der Waals surface area contributed by atoms with E-state index in [4.69, 9.17) is 7.16 Å². The van der Waals surface area contributed by atoms with Gasteiger partial charge in [-0.05, 0) is 75.8 Å². The molecule has 0 saturated carbocycles. The van der Waals surface area contributed by atoms with Gasteiger partial charge in [0.05, 0.1) is 8.43 Å². The summed E-state index contributed by atoms with van der Waals surface area (Å²) in [5.74, 6) is 0. The van der Waals surface area contributed by atoms with Gasteiger partial charge >= 0.3 is 0 Å². The Hall–Kier alpha value is -5.60. The fourth-order valence-electron chi connectivity index (χ4n) is 5.87. The average molecular weight is 540 g/mol. The number of anilines is 3. The van der Waals surface area contributed by atoms with E-state index in [1.165, 1.54) is 16.2 Å². The Labute approximate surface area is 247 Å². The van der Waals surface area contributed by atoms with Gasteiger partial charge in [-0.1, -0.05) is 115 Å². The van der Waals surface area contributed by atoms with E-state index in [9.17, 15) is 0 Å². The van der Waals surface area contributed by atoms with Crippen LogP contribution in [0.5, 0.6) is 0 Å². The summed E-state index contributed by atoms with van der Waals surface area (Å²) in [5.41, 5.74) is 6.08. The molecule has 1 aromatic heterocycles. The van der Waals surface area contributed by atoms with Crippen LogP contribution in [0.4, 0.5) is 17.1 Å². The number of nitrogens with zero attached hydrogens (tertiary/aromatic N) is 1. The van der Waals surface area contributed by atoms with Crippen LogP contribution in [0.25, 0.3) is 55.6 Å². The van der Waals surface area contributed by atoms with E-state index in [0.29, 0.717) is 11.1 Å². The van der Waals surface area contributed by atoms with Crippen LogP contribution in [-0.2, 0) is 0 Å². The lowest BCUT2D eigenvalue weighted by Gasteiger charge is -2.27. The molecule has 0 spiro atoms. The van der Waals surface area contributed by atoms with E-state index in [-0.39, 0.29) is 12.1 Å². The van der Waals surface area contributed by atoms with Gasteiger partial charge in [0.25, 0.3) is 0 Å². The van der Waals surface area contributed by atoms with Gasteiger partial charge in [-0.2, -0.15) is 0 Å². The van der Waals surface area contributed by atoms with Gasteiger partial charge in [0, 0.05) is 27.5 Å². The zero-order chi connectivity index (χ0) is 29.6. The van der Waals surface area contributed by atoms with E-state index >= 15 is 0 Å². The minimum absolute atomic E-state index is 0.172. The van der Waals surface area contributed by atoms with E-state index < -0.39 is 0 Å². The number of hydrogen-bond donors (Lipinski definition) is 0. The molecule has 42 heavy (non-hydrogen) atoms. The van der Waals surface area contributed by atoms with Crippen molar-refractivity contribution in [1.29, 1.82) is 0 Å². The van der Waals surface area contributed by atoms with Crippen LogP contribution in [0.3, 0.4) is 0 Å². The first-order valence-corrected chi connectivity index (χ1v) is 14.1. The summed E-state index contributed by atoms with van der Waals surface area (Å²) in [7, 11) is 0. The van der Waals surface area contributed by atoms with Crippen LogP contribution in [0.15, 0.2) is 156 Å². The number of para-hydroxylation sites is 2. The second-order valence-electron chi connectivity index (χ2n) is 10.4. The number of rotatable bonds is 5. The fourth-order valence-corrected chi connectivity index (χ4v) is 5.87. The summed E-state index contributed by atoms with van der Waals surface area (Å²) >= 11 is 0. The van der Waals surface area contributed by atoms with Crippen LogP contribution >= 0.6 is 0 Å². The van der Waals surface area contributed by atoms with Gasteiger partial charge in [-0.25, -0.2) is 0 Å². The summed E-state index contributed by atoms with van der Waals surface area (Å²) in [4.78, 5) is 2.27. The molecule has 7 aromatic carbocycles. The quantitative estimate of drug-likeness (QED) is 0.160. The Bertz CT molecular complexity index is 2350. The van der Waals surface area contributed by atoms with Crippen LogP contribution in [0, 0.1) is 0 Å². The average Bonchev–Trinajstić information content (AvgIpc) is 3.47. The Kier molecular flexibility index (Phi) is 5.32. The van der Waals surface area contributed by atoms with Gasteiger partial charge in [-0.15, -0.1) is 0 Å². The third kappa shape index (κ3) is 4.22. The molecular weight excluding hydrogens is 510 g/mol. The largest absolute Gasteiger partial charge is 0.456 e. The Morgan fingerprint density at radius 1 is 0.452 bits per heavy atom. The fraction of sp³-hybridized carbons (Fsp3) is 0. The van der Waals surface area contributed by atoms with E-state index in [1.54, 1.807) is 0 Å². The molecule has 0 radical (unpaired) electrons. The van der Waals surface area contributed by atoms with Crippen LogP contribution in [0.2, 0.25) is 0 Å². The summed E-state index contributed by atoms with van der Waals surface area (Å²) in [6.07, 6.45) is 0. The van der Waals surface area contributed by atoms with Gasteiger partial charge in [0.2, 0.25) is 0 Å². The van der Waals surface area contributed by atoms with E-state index in [2.05, 4.69) is 83.8 Å². The number of hydrogen-bond acceptors (Lipinski definition) is 2. The molecule has 0 fully saturated rings. The maximum Gasteiger partial charge on any atom is 0.135 e. The lowest BCUT2D eigenvalue weighted by Crippen LogP contribution is -2.10. The molecular formula is C40H27NO. The molecule has 0 aliphatic heterocycles. The number of fused-ring (bicyclic) bond motifs is 6. The molecule has 0 aliphatic rings. The van der Waals surface area contributed by atoms with Gasteiger partial charge in [0.1, 0.15) is 11.2 Å². The maximum absolute atomic E-state index is 8.95. The van der Waals surface area contributed by atoms with Gasteiger partial charge in [0.15, 0.2) is 0 Å². The first-order chi connectivity index (χ1) is 21.7. The molecule has 0 unspecified atom stereocenters. The molecule has 2 heteroatoms. The SMILES string of the molecule is [2H]/C(=C(/[2H])c1ccc2oc3ccccc3c2c1)c1ccc(N(c2ccccc2)c2cc3ccccc3c3ccccc23)cc1. The number of furan rings is 1. The molecule has 8 aromatic rings. The normalized spacial score (nSPS) is 12.9. The van der Waals surface area contributed by atoms with Crippen molar-refractivity contribution in [1.82, 2.24) is 0 Å². The van der Waals surface area contributed by atoms with Crippen molar-refractivity contribution >= 4 is 72.6 Å². The van der Waals surface area contributed by atoms with Crippen molar-refractivity contribution in [3.63, 3.8) is 0 Å². The van der Waals surface area contributed by atoms with E-state index in [0.717, 1.165) is 44.4 Å². The lowest BCUT2D eigenvalue weighted by atomic mass is 9.99. The van der Waals surface area contributed by atoms with Crippen molar-refractivity contribution in [2.24, 2.45) is 0 Å². The molecule has 8 rings (SSSR count). The second kappa shape index (κ2) is 10.1. The highest BCUT2D eigenvalue weighted by Gasteiger charge is 2.17. The first kappa shape index (κ1) is 22.1. The molecule has 0 saturated heterocycles. The molecule has 0 bridgehead atoms. The summed E-state index contributed by atoms with van der Waals surface area (Å²) < 4.78 is 23.8. The highest BCUT2D eigenvalue weighted by molar-refractivity contribution is 6.14. The lowest BCUT2D eigenvalue weighted by molar-refractivity contribution is 0.669. The summed E-state index contributed by atoms with van der Waals surface area (Å²) in [5, 5.41) is 6.73. The highest BCUT2D eigenvalue weighted by Crippen LogP contribution is 2.41. The number of benzene rings is 7. The zero-order valence-corrected chi connectivity index (χ0v) is 22.8. The van der Waals surface area contributed by atoms with Crippen LogP contribution in [-0.4, -0.2) is 0 Å². The summed E-state index contributed by atoms with van der Waals surface area (Å²) in [6.45, 7) is 0. The second-order valence-corrected chi connectivity index (χ2v) is 10.4. The Balaban J connectivity index is 1.23. The molecule has 0 amide bonds. The highest BCUT2D eigenvalue weighted by atomic mass is 16.3. The molecule has 0 aliphatic carbocycles. The van der Waals surface area contributed by atoms with E-state index in [1.807, 2.05) is 72.8 Å². The van der Waals surface area contributed by atoms with Crippen molar-refractivity contribution in [3.8, 4) is 0 Å². The molecule has 0 N–H and O–H groups in total. The Morgan fingerprint density at radius 2 is 1.05 bits per heavy atom. The third-order valence-electron chi connectivity index (χ3n) is 7.85. The predicted molar refractivity (Wildman–Crippen MR) is 179 cm³/mol. The molecule has 198 valence electrons. The van der Waals surface area contributed by atoms with Crippen molar-refractivity contribution < 1.29 is 7.16 Å². The monoisotopic (exact) mass is 539 g/mol. The zero-order valence-electron chi connectivity index (χ0n) is 24.8. The molecule has 1 heterocycles. The topological polar surface area (TPSA) is 16.4 Å². The standard InChI is InChI=1S/C40H27NO/c1-2-11-31(12-3-1)41(38-27-30-10-4-5-13-33(30)34-14-6-7-15-35(34)38)32-23-20-28(21-24-32)18-19-29-22-25-40-37(26-29)36-16-8-9-17-39(36)42-40/h1-27H/b19-18+/i18D,19D. The van der Waals surface area contributed by atoms with Gasteiger partial charge < -0.3 is 9.32 Å². The molecule has 2 nitrogen and oxygen atoms in total. The third-order valence-corrected chi connectivity index (χ3v) is 7.85. The Morgan fingerprint density at radius 3 is 1.88 bits per heavy atom. The minimum atomic E-state index is 0.172. The molecule has 0 atom stereocenters. The van der Waals surface area contributed by atoms with Crippen molar-refractivity contribution in [2.45, 2.75) is 0 Å². The first-order valence-electron chi connectivity index (χ1n) is 15.1. The van der Waals surface area contributed by atoms with Crippen LogP contribution in [0.1, 0.15) is 13.9 Å². The predicted octanol–water partition coefficient (Wildman–Crippen LogP) is 11.5. The minimum Gasteiger partial charge on any atom is -0.456 e.